The Labute approximate surface area is 174 Å². The fraction of sp³-hybridized carbons (Fsp3) is 0.476. The van der Waals surface area contributed by atoms with Gasteiger partial charge in [-0.3, -0.25) is 9.78 Å². The van der Waals surface area contributed by atoms with Gasteiger partial charge in [-0.15, -0.1) is 0 Å². The highest BCUT2D eigenvalue weighted by Crippen LogP contribution is 2.39. The first-order valence-corrected chi connectivity index (χ1v) is 11.6. The lowest BCUT2D eigenvalue weighted by Gasteiger charge is -2.20. The molecule has 4 rings (SSSR count). The highest BCUT2D eigenvalue weighted by Gasteiger charge is 2.38. The Balaban J connectivity index is 1.56. The minimum absolute atomic E-state index is 0.0736. The van der Waals surface area contributed by atoms with Crippen LogP contribution in [0.25, 0.3) is 0 Å². The van der Waals surface area contributed by atoms with Gasteiger partial charge in [-0.1, -0.05) is 12.1 Å². The Bertz CT molecular complexity index is 988. The molecule has 3 unspecified atom stereocenters. The van der Waals surface area contributed by atoms with Crippen molar-refractivity contribution in [3.05, 3.63) is 48.4 Å². The zero-order valence-corrected chi connectivity index (χ0v) is 17.1. The van der Waals surface area contributed by atoms with Crippen LogP contribution >= 0.6 is 0 Å². The van der Waals surface area contributed by atoms with Crippen LogP contribution in [0.2, 0.25) is 0 Å². The molecule has 1 aromatic heterocycles. The van der Waals surface area contributed by atoms with E-state index in [0.29, 0.717) is 18.4 Å². The van der Waals surface area contributed by atoms with Crippen LogP contribution < -0.4 is 5.32 Å². The van der Waals surface area contributed by atoms with Crippen LogP contribution in [-0.2, 0) is 14.6 Å². The molecule has 2 aliphatic carbocycles. The van der Waals surface area contributed by atoms with Crippen molar-refractivity contribution in [2.45, 2.75) is 60.5 Å². The molecule has 30 heavy (non-hydrogen) atoms. The van der Waals surface area contributed by atoms with Gasteiger partial charge >= 0.3 is 0 Å². The number of aromatic nitrogens is 2. The van der Waals surface area contributed by atoms with Crippen LogP contribution in [0.5, 0.6) is 0 Å². The SMILES string of the molecule is O=C(Nc1cnccn1)C(CC1CC(F)C(F)C1)c1ccc(S(=O)(=O)C2CC2)cc1. The normalized spacial score (nSPS) is 25.1. The maximum absolute atomic E-state index is 13.7. The Morgan fingerprint density at radius 3 is 2.33 bits per heavy atom. The van der Waals surface area contributed by atoms with Crippen LogP contribution in [0.15, 0.2) is 47.8 Å². The first-order valence-electron chi connectivity index (χ1n) is 10.0. The predicted molar refractivity (Wildman–Crippen MR) is 107 cm³/mol. The van der Waals surface area contributed by atoms with E-state index in [1.54, 1.807) is 12.1 Å². The Kier molecular flexibility index (Phi) is 5.81. The summed E-state index contributed by atoms with van der Waals surface area (Å²) in [6, 6.07) is 6.25. The summed E-state index contributed by atoms with van der Waals surface area (Å²) in [5, 5.41) is 2.37. The van der Waals surface area contributed by atoms with Crippen molar-refractivity contribution in [3.63, 3.8) is 0 Å². The van der Waals surface area contributed by atoms with E-state index in [2.05, 4.69) is 15.3 Å². The molecule has 3 atom stereocenters. The lowest BCUT2D eigenvalue weighted by molar-refractivity contribution is -0.118. The number of anilines is 1. The molecule has 6 nitrogen and oxygen atoms in total. The molecule has 0 saturated heterocycles. The van der Waals surface area contributed by atoms with E-state index in [9.17, 15) is 22.0 Å². The molecule has 2 aliphatic rings. The molecule has 0 spiro atoms. The molecule has 160 valence electrons. The van der Waals surface area contributed by atoms with Gasteiger partial charge in [-0.2, -0.15) is 0 Å². The van der Waals surface area contributed by atoms with Gasteiger partial charge in [0.2, 0.25) is 5.91 Å². The zero-order valence-electron chi connectivity index (χ0n) is 16.2. The van der Waals surface area contributed by atoms with Crippen LogP contribution in [-0.4, -0.2) is 41.9 Å². The molecule has 1 N–H and O–H groups in total. The number of rotatable bonds is 7. The fourth-order valence-corrected chi connectivity index (χ4v) is 5.64. The Morgan fingerprint density at radius 1 is 1.10 bits per heavy atom. The summed E-state index contributed by atoms with van der Waals surface area (Å²) < 4.78 is 52.2. The van der Waals surface area contributed by atoms with Gasteiger partial charge in [-0.05, 0) is 55.7 Å². The summed E-state index contributed by atoms with van der Waals surface area (Å²) >= 11 is 0. The van der Waals surface area contributed by atoms with Gasteiger partial charge in [-0.25, -0.2) is 22.2 Å². The van der Waals surface area contributed by atoms with Gasteiger partial charge in [0, 0.05) is 12.4 Å². The summed E-state index contributed by atoms with van der Waals surface area (Å²) in [5.41, 5.74) is 0.601. The number of benzene rings is 1. The number of alkyl halides is 2. The lowest BCUT2D eigenvalue weighted by atomic mass is 9.87. The van der Waals surface area contributed by atoms with Gasteiger partial charge in [0.05, 0.1) is 22.3 Å². The largest absolute Gasteiger partial charge is 0.309 e. The van der Waals surface area contributed by atoms with Crippen LogP contribution in [0, 0.1) is 5.92 Å². The quantitative estimate of drug-likeness (QED) is 0.718. The maximum Gasteiger partial charge on any atom is 0.233 e. The molecule has 2 aromatic rings. The number of nitrogens with one attached hydrogen (secondary N) is 1. The highest BCUT2D eigenvalue weighted by molar-refractivity contribution is 7.92. The molecule has 0 bridgehead atoms. The third kappa shape index (κ3) is 4.50. The number of carbonyl (C=O) groups excluding carboxylic acids is 1. The van der Waals surface area contributed by atoms with Crippen LogP contribution in [0.3, 0.4) is 0 Å². The number of nitrogens with zero attached hydrogens (tertiary/aromatic N) is 2. The van der Waals surface area contributed by atoms with Crippen molar-refractivity contribution >= 4 is 21.6 Å². The number of carbonyl (C=O) groups is 1. The second kappa shape index (κ2) is 8.37. The predicted octanol–water partition coefficient (Wildman–Crippen LogP) is 3.61. The van der Waals surface area contributed by atoms with E-state index < -0.39 is 28.1 Å². The highest BCUT2D eigenvalue weighted by atomic mass is 32.2. The minimum atomic E-state index is -3.33. The molecule has 1 heterocycles. The third-order valence-electron chi connectivity index (χ3n) is 5.78. The minimum Gasteiger partial charge on any atom is -0.309 e. The summed E-state index contributed by atoms with van der Waals surface area (Å²) in [7, 11) is -3.33. The molecule has 2 saturated carbocycles. The lowest BCUT2D eigenvalue weighted by Crippen LogP contribution is -2.24. The molecule has 0 aliphatic heterocycles. The molecule has 1 aromatic carbocycles. The molecular weight excluding hydrogens is 412 g/mol. The summed E-state index contributed by atoms with van der Waals surface area (Å²) in [4.78, 5) is 21.2. The van der Waals surface area contributed by atoms with Gasteiger partial charge in [0.1, 0.15) is 12.3 Å². The first-order chi connectivity index (χ1) is 14.3. The number of halogens is 2. The zero-order chi connectivity index (χ0) is 21.3. The van der Waals surface area contributed by atoms with E-state index in [4.69, 9.17) is 0 Å². The Hall–Kier alpha value is -2.42. The molecule has 9 heteroatoms. The second-order valence-electron chi connectivity index (χ2n) is 8.05. The van der Waals surface area contributed by atoms with Crippen molar-refractivity contribution < 1.29 is 22.0 Å². The first kappa shape index (κ1) is 20.8. The topological polar surface area (TPSA) is 89.0 Å². The number of hydrogen-bond acceptors (Lipinski definition) is 5. The Morgan fingerprint density at radius 2 is 1.77 bits per heavy atom. The number of amides is 1. The summed E-state index contributed by atoms with van der Waals surface area (Å²) in [6.45, 7) is 0. The van der Waals surface area contributed by atoms with E-state index in [1.165, 1.54) is 30.7 Å². The van der Waals surface area contributed by atoms with Crippen LogP contribution in [0.1, 0.15) is 43.6 Å². The van der Waals surface area contributed by atoms with Crippen molar-refractivity contribution in [1.82, 2.24) is 9.97 Å². The van der Waals surface area contributed by atoms with Crippen molar-refractivity contribution in [2.75, 3.05) is 5.32 Å². The third-order valence-corrected chi connectivity index (χ3v) is 8.06. The van der Waals surface area contributed by atoms with E-state index in [1.807, 2.05) is 0 Å². The van der Waals surface area contributed by atoms with E-state index in [-0.39, 0.29) is 47.1 Å². The fourth-order valence-electron chi connectivity index (χ4n) is 3.99. The van der Waals surface area contributed by atoms with Crippen molar-refractivity contribution in [2.24, 2.45) is 5.92 Å². The standard InChI is InChI=1S/C21H23F2N3O3S/c22-18-10-13(11-19(18)23)9-17(21(27)26-20-12-24-7-8-25-20)14-1-3-15(4-2-14)30(28,29)16-5-6-16/h1-4,7-8,12-13,16-19H,5-6,9-11H2,(H,25,26,27). The number of hydrogen-bond donors (Lipinski definition) is 1. The van der Waals surface area contributed by atoms with E-state index >= 15 is 0 Å². The smallest absolute Gasteiger partial charge is 0.233 e. The average molecular weight is 435 g/mol. The molecule has 1 amide bonds. The van der Waals surface area contributed by atoms with Crippen molar-refractivity contribution in [3.8, 4) is 0 Å². The molecule has 0 radical (unpaired) electrons. The number of sulfone groups is 1. The molecular formula is C21H23F2N3O3S. The van der Waals surface area contributed by atoms with E-state index in [0.717, 1.165) is 0 Å². The molecule has 2 fully saturated rings. The van der Waals surface area contributed by atoms with Crippen molar-refractivity contribution in [1.29, 1.82) is 0 Å². The average Bonchev–Trinajstić information content (AvgIpc) is 3.54. The van der Waals surface area contributed by atoms with Gasteiger partial charge in [0.25, 0.3) is 0 Å². The van der Waals surface area contributed by atoms with Gasteiger partial charge < -0.3 is 5.32 Å². The monoisotopic (exact) mass is 435 g/mol. The van der Waals surface area contributed by atoms with Gasteiger partial charge in [0.15, 0.2) is 15.7 Å². The second-order valence-corrected chi connectivity index (χ2v) is 10.3. The maximum atomic E-state index is 13.7. The summed E-state index contributed by atoms with van der Waals surface area (Å²) in [5.74, 6) is -1.06. The summed E-state index contributed by atoms with van der Waals surface area (Å²) in [6.07, 6.45) is 3.07. The van der Waals surface area contributed by atoms with Crippen LogP contribution in [0.4, 0.5) is 14.6 Å².